The Bertz CT molecular complexity index is 1330. The Hall–Kier alpha value is -2.00. The Kier molecular flexibility index (Phi) is 11.0. The summed E-state index contributed by atoms with van der Waals surface area (Å²) < 4.78 is 0.950. The molecule has 8 heteroatoms. The fourth-order valence-corrected chi connectivity index (χ4v) is 9.66. The van der Waals surface area contributed by atoms with E-state index in [0.717, 1.165) is 38.6 Å². The van der Waals surface area contributed by atoms with Crippen LogP contribution in [0.2, 0.25) is 0 Å². The number of thioether (sulfide) groups is 4. The van der Waals surface area contributed by atoms with Crippen LogP contribution in [0.3, 0.4) is 0 Å². The number of carbonyl (C=O) groups excluding carboxylic acids is 4. The molecule has 2 aromatic rings. The van der Waals surface area contributed by atoms with E-state index in [1.165, 1.54) is 11.8 Å². The lowest BCUT2D eigenvalue weighted by Gasteiger charge is -2.48. The van der Waals surface area contributed by atoms with Crippen LogP contribution in [0.5, 0.6) is 0 Å². The molecule has 0 aliphatic heterocycles. The minimum absolute atomic E-state index is 0.0415. The van der Waals surface area contributed by atoms with E-state index in [9.17, 15) is 19.2 Å². The topological polar surface area (TPSA) is 68.3 Å². The van der Waals surface area contributed by atoms with Crippen LogP contribution in [0.25, 0.3) is 0 Å². The number of hydrogen-bond donors (Lipinski definition) is 0. The van der Waals surface area contributed by atoms with Gasteiger partial charge in [0.15, 0.2) is 11.6 Å². The fourth-order valence-electron chi connectivity index (χ4n) is 5.75. The summed E-state index contributed by atoms with van der Waals surface area (Å²) in [6.45, 7) is 7.88. The molecule has 210 valence electrons. The number of ketones is 3. The molecule has 0 aromatic heterocycles. The highest BCUT2D eigenvalue weighted by atomic mass is 32.2. The highest BCUT2D eigenvalue weighted by Gasteiger charge is 2.58. The van der Waals surface area contributed by atoms with E-state index in [1.807, 2.05) is 67.6 Å². The van der Waals surface area contributed by atoms with Crippen molar-refractivity contribution in [1.82, 2.24) is 0 Å². The van der Waals surface area contributed by atoms with Gasteiger partial charge in [-0.1, -0.05) is 100 Å². The van der Waals surface area contributed by atoms with Crippen molar-refractivity contribution in [3.8, 4) is 0 Å². The molecule has 4 rings (SSSR count). The van der Waals surface area contributed by atoms with Crippen molar-refractivity contribution in [3.05, 3.63) is 92.1 Å². The predicted molar refractivity (Wildman–Crippen MR) is 172 cm³/mol. The number of fused-ring (bicyclic) bond motifs is 2. The molecule has 0 spiro atoms. The summed E-state index contributed by atoms with van der Waals surface area (Å²) in [6.07, 6.45) is 0. The molecule has 0 saturated heterocycles. The molecule has 0 heterocycles. The van der Waals surface area contributed by atoms with Gasteiger partial charge in [-0.2, -0.15) is 0 Å². The van der Waals surface area contributed by atoms with Gasteiger partial charge < -0.3 is 0 Å². The van der Waals surface area contributed by atoms with E-state index >= 15 is 0 Å². The third kappa shape index (κ3) is 5.96. The normalized spacial score (nSPS) is 22.4. The minimum Gasteiger partial charge on any atom is -0.294 e. The van der Waals surface area contributed by atoms with Crippen molar-refractivity contribution in [2.75, 3.05) is 23.0 Å². The van der Waals surface area contributed by atoms with Crippen molar-refractivity contribution >= 4 is 69.5 Å². The SMILES string of the molecule is CCSC(=O)C(=O)C1=C(SCC)C2C(=O)C(=C(SCC)SCC)C(c3ccccc3)C(C1=O)C2c1ccccc1. The number of rotatable bonds is 11. The van der Waals surface area contributed by atoms with Crippen LogP contribution in [0.4, 0.5) is 0 Å². The highest BCUT2D eigenvalue weighted by Crippen LogP contribution is 2.60. The van der Waals surface area contributed by atoms with Gasteiger partial charge in [-0.15, -0.1) is 35.3 Å². The number of Topliss-reactive ketones (excluding diaryl/α,β-unsaturated/α-hetero) is 3. The second-order valence-electron chi connectivity index (χ2n) is 9.35. The monoisotopic (exact) mass is 610 g/mol. The second kappa shape index (κ2) is 14.3. The van der Waals surface area contributed by atoms with Crippen molar-refractivity contribution < 1.29 is 19.2 Å². The van der Waals surface area contributed by atoms with Gasteiger partial charge in [-0.05, 0) is 34.1 Å². The summed E-state index contributed by atoms with van der Waals surface area (Å²) in [6, 6.07) is 19.4. The molecule has 0 amide bonds. The van der Waals surface area contributed by atoms with Gasteiger partial charge >= 0.3 is 0 Å². The summed E-state index contributed by atoms with van der Waals surface area (Å²) in [7, 11) is 0. The molecule has 1 saturated carbocycles. The average molecular weight is 611 g/mol. The van der Waals surface area contributed by atoms with Gasteiger partial charge in [0, 0.05) is 32.5 Å². The van der Waals surface area contributed by atoms with Crippen molar-refractivity contribution in [1.29, 1.82) is 0 Å². The molecule has 0 radical (unpaired) electrons. The number of benzene rings is 2. The molecule has 2 aliphatic carbocycles. The predicted octanol–water partition coefficient (Wildman–Crippen LogP) is 7.53. The second-order valence-corrected chi connectivity index (χ2v) is 14.7. The maximum absolute atomic E-state index is 14.9. The third-order valence-corrected chi connectivity index (χ3v) is 11.2. The third-order valence-electron chi connectivity index (χ3n) is 7.14. The zero-order valence-corrected chi connectivity index (χ0v) is 26.4. The Labute approximate surface area is 254 Å². The average Bonchev–Trinajstić information content (AvgIpc) is 2.96. The van der Waals surface area contributed by atoms with E-state index in [0.29, 0.717) is 22.0 Å². The lowest BCUT2D eigenvalue weighted by molar-refractivity contribution is -0.133. The molecule has 2 aliphatic rings. The lowest BCUT2D eigenvalue weighted by atomic mass is 9.55. The van der Waals surface area contributed by atoms with Gasteiger partial charge in [-0.25, -0.2) is 0 Å². The molecular formula is C32H34O4S4. The Morgan fingerprint density at radius 3 is 1.73 bits per heavy atom. The van der Waals surface area contributed by atoms with Crippen LogP contribution >= 0.6 is 47.0 Å². The molecular weight excluding hydrogens is 577 g/mol. The van der Waals surface area contributed by atoms with E-state index < -0.39 is 34.6 Å². The quantitative estimate of drug-likeness (QED) is 0.147. The van der Waals surface area contributed by atoms with Crippen LogP contribution in [0.15, 0.2) is 81.0 Å². The van der Waals surface area contributed by atoms with E-state index in [-0.39, 0.29) is 17.1 Å². The van der Waals surface area contributed by atoms with Gasteiger partial charge in [0.1, 0.15) is 0 Å². The zero-order valence-electron chi connectivity index (χ0n) is 23.2. The largest absolute Gasteiger partial charge is 0.294 e. The summed E-state index contributed by atoms with van der Waals surface area (Å²) in [5.74, 6) is -0.881. The maximum atomic E-state index is 14.9. The minimum atomic E-state index is -0.771. The number of hydrogen-bond acceptors (Lipinski definition) is 8. The molecule has 4 nitrogen and oxygen atoms in total. The molecule has 4 atom stereocenters. The summed E-state index contributed by atoms with van der Waals surface area (Å²) >= 11 is 5.55. The lowest BCUT2D eigenvalue weighted by Crippen LogP contribution is -2.49. The Morgan fingerprint density at radius 2 is 1.20 bits per heavy atom. The first-order valence-corrected chi connectivity index (χ1v) is 17.6. The van der Waals surface area contributed by atoms with Crippen LogP contribution in [0, 0.1) is 11.8 Å². The molecule has 0 N–H and O–H groups in total. The van der Waals surface area contributed by atoms with Crippen LogP contribution in [0.1, 0.15) is 50.7 Å². The molecule has 40 heavy (non-hydrogen) atoms. The number of allylic oxidation sites excluding steroid dienone is 3. The van der Waals surface area contributed by atoms with Gasteiger partial charge in [-0.3, -0.25) is 19.2 Å². The number of carbonyl (C=O) groups is 4. The van der Waals surface area contributed by atoms with Gasteiger partial charge in [0.2, 0.25) is 5.78 Å². The first-order chi connectivity index (χ1) is 19.4. The van der Waals surface area contributed by atoms with Crippen LogP contribution < -0.4 is 0 Å². The van der Waals surface area contributed by atoms with E-state index in [1.54, 1.807) is 30.4 Å². The Morgan fingerprint density at radius 1 is 0.650 bits per heavy atom. The molecule has 2 aromatic carbocycles. The fraction of sp³-hybridized carbons (Fsp3) is 0.375. The van der Waals surface area contributed by atoms with Gasteiger partial charge in [0.05, 0.1) is 11.5 Å². The summed E-state index contributed by atoms with van der Waals surface area (Å²) in [5.41, 5.74) is 2.39. The van der Waals surface area contributed by atoms with Crippen LogP contribution in [-0.4, -0.2) is 45.5 Å². The Balaban J connectivity index is 2.10. The summed E-state index contributed by atoms with van der Waals surface area (Å²) in [5, 5.41) is -0.639. The first kappa shape index (κ1) is 30.9. The van der Waals surface area contributed by atoms with Crippen LogP contribution in [-0.2, 0) is 19.2 Å². The molecule has 4 unspecified atom stereocenters. The first-order valence-electron chi connectivity index (χ1n) is 13.7. The molecule has 2 bridgehead atoms. The smallest absolute Gasteiger partial charge is 0.260 e. The van der Waals surface area contributed by atoms with Crippen molar-refractivity contribution in [3.63, 3.8) is 0 Å². The van der Waals surface area contributed by atoms with E-state index in [4.69, 9.17) is 0 Å². The summed E-state index contributed by atoms with van der Waals surface area (Å²) in [4.78, 5) is 56.6. The van der Waals surface area contributed by atoms with Crippen molar-refractivity contribution in [2.45, 2.75) is 39.5 Å². The van der Waals surface area contributed by atoms with Crippen molar-refractivity contribution in [2.24, 2.45) is 11.8 Å². The zero-order chi connectivity index (χ0) is 28.8. The maximum Gasteiger partial charge on any atom is 0.260 e. The molecule has 1 fully saturated rings. The highest BCUT2D eigenvalue weighted by molar-refractivity contribution is 8.22. The standard InChI is InChI=1S/C32H34O4S4/c1-5-37-30-24-21(19-15-11-9-12-16-19)23(27(33)26(30)29(35)31(36)38-6-2)22(20-17-13-10-14-18-20)25(28(24)34)32(39-7-3)40-8-4/h9-18,21-24H,5-8H2,1-4H3. The van der Waals surface area contributed by atoms with E-state index in [2.05, 4.69) is 13.8 Å². The van der Waals surface area contributed by atoms with Gasteiger partial charge in [0.25, 0.3) is 5.12 Å².